The van der Waals surface area contributed by atoms with E-state index in [1.54, 1.807) is 6.20 Å². The van der Waals surface area contributed by atoms with Gasteiger partial charge in [-0.2, -0.15) is 5.26 Å². The third kappa shape index (κ3) is 2.01. The number of nitrogen functional groups attached to an aromatic ring is 1. The van der Waals surface area contributed by atoms with Crippen LogP contribution in [-0.4, -0.2) is 4.98 Å². The maximum Gasteiger partial charge on any atom is 0.0781 e. The van der Waals surface area contributed by atoms with Crippen LogP contribution in [0.2, 0.25) is 0 Å². The molecule has 0 saturated carbocycles. The second-order valence-corrected chi connectivity index (χ2v) is 3.46. The van der Waals surface area contributed by atoms with Crippen LogP contribution in [0.1, 0.15) is 5.69 Å². The number of nitriles is 1. The molecule has 78 valence electrons. The van der Waals surface area contributed by atoms with E-state index >= 15 is 0 Å². The highest BCUT2D eigenvalue weighted by Crippen LogP contribution is 2.24. The highest BCUT2D eigenvalue weighted by atomic mass is 14.7. The summed E-state index contributed by atoms with van der Waals surface area (Å²) in [5.74, 6) is 0. The standard InChI is InChI=1S/C13H11N3/c14-7-6-13-12(8-11(15)9-16-13)10-4-2-1-3-5-10/h1-5,8-9H,6,15H2. The van der Waals surface area contributed by atoms with Crippen LogP contribution in [0, 0.1) is 11.3 Å². The fourth-order valence-corrected chi connectivity index (χ4v) is 1.59. The first-order valence-corrected chi connectivity index (χ1v) is 4.98. The Morgan fingerprint density at radius 1 is 1.25 bits per heavy atom. The van der Waals surface area contributed by atoms with E-state index in [2.05, 4.69) is 11.1 Å². The zero-order valence-electron chi connectivity index (χ0n) is 8.72. The molecule has 2 aromatic rings. The van der Waals surface area contributed by atoms with Gasteiger partial charge in [0, 0.05) is 5.56 Å². The van der Waals surface area contributed by atoms with Gasteiger partial charge in [-0.15, -0.1) is 0 Å². The molecule has 0 aliphatic carbocycles. The van der Waals surface area contributed by atoms with Gasteiger partial charge in [0.1, 0.15) is 0 Å². The number of nitrogens with two attached hydrogens (primary N) is 1. The molecular formula is C13H11N3. The molecule has 0 radical (unpaired) electrons. The van der Waals surface area contributed by atoms with Gasteiger partial charge in [-0.1, -0.05) is 30.3 Å². The van der Waals surface area contributed by atoms with Gasteiger partial charge in [-0.25, -0.2) is 0 Å². The maximum absolute atomic E-state index is 8.74. The lowest BCUT2D eigenvalue weighted by molar-refractivity contribution is 1.12. The molecule has 1 aromatic carbocycles. The Balaban J connectivity index is 2.55. The zero-order chi connectivity index (χ0) is 11.4. The predicted molar refractivity (Wildman–Crippen MR) is 63.4 cm³/mol. The Morgan fingerprint density at radius 3 is 2.69 bits per heavy atom. The monoisotopic (exact) mass is 209 g/mol. The SMILES string of the molecule is N#CCc1ncc(N)cc1-c1ccccc1. The normalized spacial score (nSPS) is 9.69. The lowest BCUT2D eigenvalue weighted by atomic mass is 10.0. The Kier molecular flexibility index (Phi) is 2.84. The van der Waals surface area contributed by atoms with Gasteiger partial charge in [0.2, 0.25) is 0 Å². The summed E-state index contributed by atoms with van der Waals surface area (Å²) >= 11 is 0. The maximum atomic E-state index is 8.74. The number of hydrogen-bond acceptors (Lipinski definition) is 3. The van der Waals surface area contributed by atoms with E-state index in [1.165, 1.54) is 0 Å². The Labute approximate surface area is 94.2 Å². The Hall–Kier alpha value is -2.34. The number of rotatable bonds is 2. The van der Waals surface area contributed by atoms with Crippen LogP contribution in [-0.2, 0) is 6.42 Å². The summed E-state index contributed by atoms with van der Waals surface area (Å²) in [5, 5.41) is 8.74. The van der Waals surface area contributed by atoms with Crippen molar-refractivity contribution in [2.24, 2.45) is 0 Å². The number of anilines is 1. The van der Waals surface area contributed by atoms with Crippen molar-refractivity contribution < 1.29 is 0 Å². The van der Waals surface area contributed by atoms with E-state index in [9.17, 15) is 0 Å². The van der Waals surface area contributed by atoms with Gasteiger partial charge >= 0.3 is 0 Å². The molecule has 0 spiro atoms. The molecule has 3 nitrogen and oxygen atoms in total. The van der Waals surface area contributed by atoms with E-state index in [0.717, 1.165) is 16.8 Å². The lowest BCUT2D eigenvalue weighted by Gasteiger charge is -2.07. The summed E-state index contributed by atoms with van der Waals surface area (Å²) in [6, 6.07) is 13.8. The van der Waals surface area contributed by atoms with Crippen molar-refractivity contribution in [3.05, 3.63) is 48.3 Å². The predicted octanol–water partition coefficient (Wildman–Crippen LogP) is 2.40. The zero-order valence-corrected chi connectivity index (χ0v) is 8.72. The highest BCUT2D eigenvalue weighted by Gasteiger charge is 2.06. The number of hydrogen-bond donors (Lipinski definition) is 1. The first-order chi connectivity index (χ1) is 7.81. The first-order valence-electron chi connectivity index (χ1n) is 4.98. The molecule has 0 aliphatic rings. The van der Waals surface area contributed by atoms with Crippen molar-refractivity contribution in [3.8, 4) is 17.2 Å². The van der Waals surface area contributed by atoms with Crippen LogP contribution in [0.4, 0.5) is 5.69 Å². The largest absolute Gasteiger partial charge is 0.397 e. The van der Waals surface area contributed by atoms with Crippen LogP contribution in [0.25, 0.3) is 11.1 Å². The third-order valence-corrected chi connectivity index (χ3v) is 2.32. The van der Waals surface area contributed by atoms with Crippen LogP contribution >= 0.6 is 0 Å². The molecule has 16 heavy (non-hydrogen) atoms. The molecule has 2 N–H and O–H groups in total. The van der Waals surface area contributed by atoms with Gasteiger partial charge in [0.05, 0.1) is 30.1 Å². The number of benzene rings is 1. The molecule has 0 aliphatic heterocycles. The number of nitrogens with zero attached hydrogens (tertiary/aromatic N) is 2. The Bertz CT molecular complexity index is 527. The fraction of sp³-hybridized carbons (Fsp3) is 0.0769. The van der Waals surface area contributed by atoms with Gasteiger partial charge in [-0.05, 0) is 11.6 Å². The molecule has 2 rings (SSSR count). The lowest BCUT2D eigenvalue weighted by Crippen LogP contribution is -1.96. The molecular weight excluding hydrogens is 198 g/mol. The summed E-state index contributed by atoms with van der Waals surface area (Å²) < 4.78 is 0. The van der Waals surface area contributed by atoms with E-state index in [4.69, 9.17) is 11.0 Å². The van der Waals surface area contributed by atoms with Crippen LogP contribution in [0.15, 0.2) is 42.6 Å². The molecule has 0 amide bonds. The van der Waals surface area contributed by atoms with Crippen molar-refractivity contribution in [1.29, 1.82) is 5.26 Å². The fourth-order valence-electron chi connectivity index (χ4n) is 1.59. The minimum absolute atomic E-state index is 0.296. The molecule has 1 heterocycles. The second kappa shape index (κ2) is 4.45. The van der Waals surface area contributed by atoms with Gasteiger partial charge in [0.25, 0.3) is 0 Å². The highest BCUT2D eigenvalue weighted by molar-refractivity contribution is 5.69. The molecule has 0 saturated heterocycles. The van der Waals surface area contributed by atoms with Crippen LogP contribution in [0.5, 0.6) is 0 Å². The molecule has 0 unspecified atom stereocenters. The minimum atomic E-state index is 0.296. The smallest absolute Gasteiger partial charge is 0.0781 e. The van der Waals surface area contributed by atoms with Crippen molar-refractivity contribution in [1.82, 2.24) is 4.98 Å². The van der Waals surface area contributed by atoms with Crippen molar-refractivity contribution in [2.75, 3.05) is 5.73 Å². The summed E-state index contributed by atoms with van der Waals surface area (Å²) in [6.45, 7) is 0. The van der Waals surface area contributed by atoms with Gasteiger partial charge in [0.15, 0.2) is 0 Å². The molecule has 0 atom stereocenters. The second-order valence-electron chi connectivity index (χ2n) is 3.46. The van der Waals surface area contributed by atoms with E-state index in [1.807, 2.05) is 36.4 Å². The average molecular weight is 209 g/mol. The van der Waals surface area contributed by atoms with Crippen molar-refractivity contribution >= 4 is 5.69 Å². The van der Waals surface area contributed by atoms with E-state index in [0.29, 0.717) is 12.1 Å². The average Bonchev–Trinajstić information content (AvgIpc) is 2.33. The topological polar surface area (TPSA) is 62.7 Å². The molecule has 3 heteroatoms. The quantitative estimate of drug-likeness (QED) is 0.826. The Morgan fingerprint density at radius 2 is 2.00 bits per heavy atom. The van der Waals surface area contributed by atoms with Gasteiger partial charge < -0.3 is 5.73 Å². The van der Waals surface area contributed by atoms with E-state index < -0.39 is 0 Å². The summed E-state index contributed by atoms with van der Waals surface area (Å²) in [5.41, 5.74) is 9.06. The third-order valence-electron chi connectivity index (χ3n) is 2.32. The molecule has 1 aromatic heterocycles. The van der Waals surface area contributed by atoms with E-state index in [-0.39, 0.29) is 0 Å². The molecule has 0 fully saturated rings. The molecule has 0 bridgehead atoms. The number of pyridine rings is 1. The van der Waals surface area contributed by atoms with Crippen molar-refractivity contribution in [3.63, 3.8) is 0 Å². The van der Waals surface area contributed by atoms with Crippen LogP contribution < -0.4 is 5.73 Å². The minimum Gasteiger partial charge on any atom is -0.397 e. The number of aromatic nitrogens is 1. The summed E-state index contributed by atoms with van der Waals surface area (Å²) in [7, 11) is 0. The first kappa shape index (κ1) is 10.2. The summed E-state index contributed by atoms with van der Waals surface area (Å²) in [6.07, 6.45) is 1.88. The summed E-state index contributed by atoms with van der Waals surface area (Å²) in [4.78, 5) is 4.20. The van der Waals surface area contributed by atoms with Crippen LogP contribution in [0.3, 0.4) is 0 Å². The van der Waals surface area contributed by atoms with Crippen molar-refractivity contribution in [2.45, 2.75) is 6.42 Å². The van der Waals surface area contributed by atoms with Gasteiger partial charge in [-0.3, -0.25) is 4.98 Å².